The van der Waals surface area contributed by atoms with Crippen molar-refractivity contribution in [2.24, 2.45) is 0 Å². The first-order valence-corrected chi connectivity index (χ1v) is 9.36. The van der Waals surface area contributed by atoms with E-state index in [1.807, 2.05) is 0 Å². The van der Waals surface area contributed by atoms with Crippen LogP contribution in [0.2, 0.25) is 0 Å². The molecule has 0 saturated carbocycles. The van der Waals surface area contributed by atoms with Crippen LogP contribution in [0, 0.1) is 5.82 Å². The van der Waals surface area contributed by atoms with Gasteiger partial charge in [0.1, 0.15) is 10.8 Å². The van der Waals surface area contributed by atoms with Gasteiger partial charge in [-0.25, -0.2) is 9.18 Å². The molecule has 6 nitrogen and oxygen atoms in total. The van der Waals surface area contributed by atoms with E-state index in [2.05, 4.69) is 5.32 Å². The summed E-state index contributed by atoms with van der Waals surface area (Å²) in [4.78, 5) is 26.6. The van der Waals surface area contributed by atoms with Crippen LogP contribution in [0.15, 0.2) is 30.3 Å². The first-order chi connectivity index (χ1) is 13.0. The fourth-order valence-electron chi connectivity index (χ4n) is 2.79. The molecule has 2 aromatic rings. The summed E-state index contributed by atoms with van der Waals surface area (Å²) in [5.41, 5.74) is 8.40. The highest BCUT2D eigenvalue weighted by atomic mass is 32.1. The van der Waals surface area contributed by atoms with Crippen molar-refractivity contribution in [2.75, 3.05) is 24.2 Å². The van der Waals surface area contributed by atoms with Gasteiger partial charge in [0.25, 0.3) is 0 Å². The Bertz CT molecular complexity index is 877. The van der Waals surface area contributed by atoms with E-state index in [0.29, 0.717) is 36.8 Å². The summed E-state index contributed by atoms with van der Waals surface area (Å²) < 4.78 is 17.9. The molecule has 0 aliphatic carbocycles. The maximum atomic E-state index is 12.9. The lowest BCUT2D eigenvalue weighted by atomic mass is 10.1. The number of rotatable bonds is 4. The van der Waals surface area contributed by atoms with Crippen LogP contribution in [0.5, 0.6) is 0 Å². The molecule has 0 atom stereocenters. The zero-order valence-corrected chi connectivity index (χ0v) is 15.6. The smallest absolute Gasteiger partial charge is 0.410 e. The van der Waals surface area contributed by atoms with Gasteiger partial charge in [0.05, 0.1) is 18.8 Å². The number of nitrogens with zero attached hydrogens (tertiary/aromatic N) is 1. The predicted molar refractivity (Wildman–Crippen MR) is 104 cm³/mol. The lowest BCUT2D eigenvalue weighted by Gasteiger charge is -2.26. The molecule has 0 unspecified atom stereocenters. The van der Waals surface area contributed by atoms with Crippen LogP contribution >= 0.6 is 11.3 Å². The number of hydrogen-bond donors (Lipinski definition) is 2. The Morgan fingerprint density at radius 2 is 2.11 bits per heavy atom. The maximum absolute atomic E-state index is 12.9. The van der Waals surface area contributed by atoms with Crippen LogP contribution < -0.4 is 11.1 Å². The Hall–Kier alpha value is -2.87. The van der Waals surface area contributed by atoms with E-state index in [1.54, 1.807) is 30.0 Å². The summed E-state index contributed by atoms with van der Waals surface area (Å²) in [6.07, 6.45) is 3.25. The predicted octanol–water partition coefficient (Wildman–Crippen LogP) is 3.64. The van der Waals surface area contributed by atoms with Gasteiger partial charge in [-0.15, -0.1) is 11.3 Å². The SMILES string of the molecule is CCOC(=O)N1CCc2c(sc(NC(=O)/C=C/c3ccc(F)cc3)c2N)C1. The normalized spacial score (nSPS) is 13.5. The van der Waals surface area contributed by atoms with Gasteiger partial charge in [0.15, 0.2) is 0 Å². The zero-order chi connectivity index (χ0) is 19.4. The number of anilines is 2. The monoisotopic (exact) mass is 389 g/mol. The van der Waals surface area contributed by atoms with E-state index < -0.39 is 0 Å². The van der Waals surface area contributed by atoms with Gasteiger partial charge >= 0.3 is 6.09 Å². The summed E-state index contributed by atoms with van der Waals surface area (Å²) >= 11 is 1.36. The molecule has 27 heavy (non-hydrogen) atoms. The second-order valence-electron chi connectivity index (χ2n) is 5.99. The second kappa shape index (κ2) is 8.22. The number of thiophene rings is 1. The average Bonchev–Trinajstić information content (AvgIpc) is 2.96. The number of benzene rings is 1. The van der Waals surface area contributed by atoms with Crippen LogP contribution in [0.1, 0.15) is 22.9 Å². The van der Waals surface area contributed by atoms with Gasteiger partial charge in [-0.05, 0) is 42.7 Å². The molecule has 0 bridgehead atoms. The third kappa shape index (κ3) is 4.46. The molecule has 3 rings (SSSR count). The molecular formula is C19H20FN3O3S. The number of nitrogen functional groups attached to an aromatic ring is 1. The van der Waals surface area contributed by atoms with Crippen LogP contribution in [0.25, 0.3) is 6.08 Å². The van der Waals surface area contributed by atoms with Gasteiger partial charge in [0.2, 0.25) is 5.91 Å². The van der Waals surface area contributed by atoms with Crippen LogP contribution in [-0.2, 0) is 22.5 Å². The van der Waals surface area contributed by atoms with Crippen molar-refractivity contribution in [3.63, 3.8) is 0 Å². The van der Waals surface area contributed by atoms with Gasteiger partial charge < -0.3 is 20.7 Å². The van der Waals surface area contributed by atoms with E-state index in [0.717, 1.165) is 16.0 Å². The highest BCUT2D eigenvalue weighted by Crippen LogP contribution is 2.39. The topological polar surface area (TPSA) is 84.7 Å². The standard InChI is InChI=1S/C19H20FN3O3S/c1-2-26-19(25)23-10-9-14-15(11-23)27-18(17(14)21)22-16(24)8-5-12-3-6-13(20)7-4-12/h3-8H,2,9-11,21H2,1H3,(H,22,24)/b8-5+. The van der Waals surface area contributed by atoms with Crippen LogP contribution in [-0.4, -0.2) is 30.1 Å². The first kappa shape index (κ1) is 18.9. The fraction of sp³-hybridized carbons (Fsp3) is 0.263. The molecule has 8 heteroatoms. The van der Waals surface area contributed by atoms with Crippen molar-refractivity contribution in [3.8, 4) is 0 Å². The number of nitrogens with one attached hydrogen (secondary N) is 1. The molecule has 0 saturated heterocycles. The second-order valence-corrected chi connectivity index (χ2v) is 7.10. The molecule has 2 heterocycles. The molecule has 0 radical (unpaired) electrons. The number of carbonyl (C=O) groups excluding carboxylic acids is 2. The summed E-state index contributed by atoms with van der Waals surface area (Å²) in [7, 11) is 0. The van der Waals surface area contributed by atoms with Gasteiger partial charge in [-0.2, -0.15) is 0 Å². The van der Waals surface area contributed by atoms with Crippen molar-refractivity contribution in [2.45, 2.75) is 19.9 Å². The molecular weight excluding hydrogens is 369 g/mol. The van der Waals surface area contributed by atoms with Gasteiger partial charge in [-0.3, -0.25) is 4.79 Å². The molecule has 1 aromatic carbocycles. The number of ether oxygens (including phenoxy) is 1. The highest BCUT2D eigenvalue weighted by molar-refractivity contribution is 7.17. The van der Waals surface area contributed by atoms with E-state index in [9.17, 15) is 14.0 Å². The molecule has 1 aliphatic rings. The minimum absolute atomic E-state index is 0.327. The number of hydrogen-bond acceptors (Lipinski definition) is 5. The lowest BCUT2D eigenvalue weighted by molar-refractivity contribution is -0.111. The van der Waals surface area contributed by atoms with Crippen molar-refractivity contribution < 1.29 is 18.7 Å². The molecule has 1 aromatic heterocycles. The number of carbonyl (C=O) groups is 2. The quantitative estimate of drug-likeness (QED) is 0.782. The van der Waals surface area contributed by atoms with Crippen LogP contribution in [0.3, 0.4) is 0 Å². The van der Waals surface area contributed by atoms with Crippen molar-refractivity contribution in [1.82, 2.24) is 4.90 Å². The maximum Gasteiger partial charge on any atom is 0.410 e. The lowest BCUT2D eigenvalue weighted by Crippen LogP contribution is -2.35. The summed E-state index contributed by atoms with van der Waals surface area (Å²) in [5, 5.41) is 3.35. The molecule has 142 valence electrons. The number of nitrogens with two attached hydrogens (primary N) is 1. The summed E-state index contributed by atoms with van der Waals surface area (Å²) in [5.74, 6) is -0.655. The highest BCUT2D eigenvalue weighted by Gasteiger charge is 2.26. The van der Waals surface area contributed by atoms with Gasteiger partial charge in [0, 0.05) is 17.5 Å². The number of amides is 2. The third-order valence-corrected chi connectivity index (χ3v) is 5.31. The molecule has 3 N–H and O–H groups in total. The third-order valence-electron chi connectivity index (χ3n) is 4.16. The average molecular weight is 389 g/mol. The van der Waals surface area contributed by atoms with Crippen molar-refractivity contribution in [3.05, 3.63) is 52.2 Å². The van der Waals surface area contributed by atoms with E-state index in [1.165, 1.54) is 29.5 Å². The minimum Gasteiger partial charge on any atom is -0.450 e. The summed E-state index contributed by atoms with van der Waals surface area (Å²) in [6, 6.07) is 5.83. The molecule has 0 fully saturated rings. The summed E-state index contributed by atoms with van der Waals surface area (Å²) in [6.45, 7) is 3.05. The van der Waals surface area contributed by atoms with E-state index in [4.69, 9.17) is 10.5 Å². The Labute approximate surface area is 160 Å². The Balaban J connectivity index is 1.67. The fourth-order valence-corrected chi connectivity index (χ4v) is 3.98. The van der Waals surface area contributed by atoms with Crippen molar-refractivity contribution >= 4 is 40.1 Å². The Kier molecular flexibility index (Phi) is 5.75. The van der Waals surface area contributed by atoms with Gasteiger partial charge in [-0.1, -0.05) is 12.1 Å². The Morgan fingerprint density at radius 3 is 2.81 bits per heavy atom. The molecule has 0 spiro atoms. The zero-order valence-electron chi connectivity index (χ0n) is 14.8. The van der Waals surface area contributed by atoms with E-state index >= 15 is 0 Å². The molecule has 1 aliphatic heterocycles. The molecule has 2 amide bonds. The largest absolute Gasteiger partial charge is 0.450 e. The van der Waals surface area contributed by atoms with Crippen LogP contribution in [0.4, 0.5) is 19.9 Å². The first-order valence-electron chi connectivity index (χ1n) is 8.54. The van der Waals surface area contributed by atoms with E-state index in [-0.39, 0.29) is 17.8 Å². The number of halogens is 1. The van der Waals surface area contributed by atoms with Crippen molar-refractivity contribution in [1.29, 1.82) is 0 Å². The number of fused-ring (bicyclic) bond motifs is 1. The minimum atomic E-state index is -0.345. The Morgan fingerprint density at radius 1 is 1.37 bits per heavy atom.